The number of anilines is 1. The van der Waals surface area contributed by atoms with Gasteiger partial charge >= 0.3 is 5.97 Å². The maximum absolute atomic E-state index is 11.6. The zero-order valence-corrected chi connectivity index (χ0v) is 12.9. The molecule has 0 N–H and O–H groups in total. The monoisotopic (exact) mass is 302 g/mol. The summed E-state index contributed by atoms with van der Waals surface area (Å²) in [5.74, 6) is -0.405. The van der Waals surface area contributed by atoms with Gasteiger partial charge in [-0.05, 0) is 25.7 Å². The highest BCUT2D eigenvalue weighted by molar-refractivity contribution is 7.18. The molecule has 1 aromatic heterocycles. The smallest absolute Gasteiger partial charge is 0.351 e. The fourth-order valence-electron chi connectivity index (χ4n) is 2.52. The molecule has 0 spiro atoms. The van der Waals surface area contributed by atoms with Gasteiger partial charge in [0.1, 0.15) is 0 Å². The van der Waals surface area contributed by atoms with E-state index in [1.54, 1.807) is 0 Å². The van der Waals surface area contributed by atoms with Crippen molar-refractivity contribution in [3.8, 4) is 0 Å². The molecule has 0 saturated carbocycles. The molecule has 1 fully saturated rings. The molecule has 6 heteroatoms. The van der Waals surface area contributed by atoms with E-state index in [0.29, 0.717) is 10.9 Å². The Morgan fingerprint density at radius 3 is 3.05 bits per heavy atom. The summed E-state index contributed by atoms with van der Waals surface area (Å²) in [6.45, 7) is 3.19. The van der Waals surface area contributed by atoms with Crippen LogP contribution in [0.1, 0.15) is 48.7 Å². The first-order valence-electron chi connectivity index (χ1n) is 6.68. The van der Waals surface area contributed by atoms with Crippen LogP contribution in [0.5, 0.6) is 0 Å². The number of methoxy groups -OCH3 is 1. The normalized spacial score (nSPS) is 19.5. The lowest BCUT2D eigenvalue weighted by molar-refractivity contribution is 0.0606. The number of hydrogen-bond donors (Lipinski definition) is 0. The fourth-order valence-corrected chi connectivity index (χ4v) is 3.81. The lowest BCUT2D eigenvalue weighted by Gasteiger charge is -2.35. The zero-order chi connectivity index (χ0) is 13.8. The molecule has 2 rings (SSSR count). The number of piperidine rings is 1. The molecule has 0 aromatic carbocycles. The summed E-state index contributed by atoms with van der Waals surface area (Å²) in [7, 11) is 1.36. The Morgan fingerprint density at radius 2 is 2.37 bits per heavy atom. The van der Waals surface area contributed by atoms with E-state index >= 15 is 0 Å². The Morgan fingerprint density at radius 1 is 1.58 bits per heavy atom. The van der Waals surface area contributed by atoms with Gasteiger partial charge in [0.05, 0.1) is 7.11 Å². The highest BCUT2D eigenvalue weighted by Crippen LogP contribution is 2.34. The zero-order valence-electron chi connectivity index (χ0n) is 11.3. The van der Waals surface area contributed by atoms with Crippen LogP contribution in [0.25, 0.3) is 0 Å². The third-order valence-electron chi connectivity index (χ3n) is 3.44. The number of aromatic nitrogens is 1. The van der Waals surface area contributed by atoms with Gasteiger partial charge in [0.15, 0.2) is 15.2 Å². The van der Waals surface area contributed by atoms with Crippen LogP contribution >= 0.6 is 22.9 Å². The van der Waals surface area contributed by atoms with Crippen molar-refractivity contribution in [3.63, 3.8) is 0 Å². The van der Waals surface area contributed by atoms with Crippen molar-refractivity contribution in [2.24, 2.45) is 0 Å². The van der Waals surface area contributed by atoms with Gasteiger partial charge in [-0.2, -0.15) is 0 Å². The number of rotatable bonds is 4. The van der Waals surface area contributed by atoms with Crippen LogP contribution in [0.4, 0.5) is 5.13 Å². The Balaban J connectivity index is 2.22. The van der Waals surface area contributed by atoms with Crippen LogP contribution in [-0.4, -0.2) is 30.6 Å². The number of esters is 1. The summed E-state index contributed by atoms with van der Waals surface area (Å²) in [5, 5.41) is 1.11. The first-order chi connectivity index (χ1) is 9.17. The third kappa shape index (κ3) is 3.20. The minimum absolute atomic E-state index is 0.257. The second-order valence-electron chi connectivity index (χ2n) is 4.74. The summed E-state index contributed by atoms with van der Waals surface area (Å²) in [6.07, 6.45) is 5.95. The maximum atomic E-state index is 11.6. The van der Waals surface area contributed by atoms with Gasteiger partial charge in [-0.25, -0.2) is 9.78 Å². The number of ether oxygens (including phenoxy) is 1. The van der Waals surface area contributed by atoms with Crippen molar-refractivity contribution < 1.29 is 9.53 Å². The van der Waals surface area contributed by atoms with Gasteiger partial charge in [-0.3, -0.25) is 0 Å². The van der Waals surface area contributed by atoms with E-state index in [1.807, 2.05) is 0 Å². The molecule has 106 valence electrons. The van der Waals surface area contributed by atoms with Gasteiger partial charge < -0.3 is 9.64 Å². The molecule has 1 atom stereocenters. The number of hydrogen-bond acceptors (Lipinski definition) is 5. The van der Waals surface area contributed by atoms with Crippen LogP contribution in [-0.2, 0) is 4.74 Å². The molecule has 0 radical (unpaired) electrons. The van der Waals surface area contributed by atoms with Crippen LogP contribution in [0.2, 0.25) is 5.15 Å². The number of nitrogens with zero attached hydrogens (tertiary/aromatic N) is 2. The Bertz CT molecular complexity index is 448. The molecular formula is C13H19ClN2O2S. The molecule has 1 saturated heterocycles. The molecule has 1 aliphatic heterocycles. The van der Waals surface area contributed by atoms with E-state index in [1.165, 1.54) is 37.7 Å². The molecule has 0 bridgehead atoms. The summed E-state index contributed by atoms with van der Waals surface area (Å²) in [4.78, 5) is 18.6. The van der Waals surface area contributed by atoms with E-state index < -0.39 is 5.97 Å². The Kier molecular flexibility index (Phi) is 5.05. The Labute approximate surface area is 122 Å². The molecule has 2 heterocycles. The molecule has 1 unspecified atom stereocenters. The lowest BCUT2D eigenvalue weighted by atomic mass is 9.99. The molecular weight excluding hydrogens is 284 g/mol. The minimum Gasteiger partial charge on any atom is -0.465 e. The largest absolute Gasteiger partial charge is 0.465 e. The third-order valence-corrected chi connectivity index (χ3v) is 4.90. The van der Waals surface area contributed by atoms with Crippen LogP contribution < -0.4 is 4.90 Å². The van der Waals surface area contributed by atoms with Crippen molar-refractivity contribution in [3.05, 3.63) is 10.0 Å². The van der Waals surface area contributed by atoms with Crippen molar-refractivity contribution in [2.45, 2.75) is 45.1 Å². The van der Waals surface area contributed by atoms with Crippen LogP contribution in [0, 0.1) is 0 Å². The van der Waals surface area contributed by atoms with Crippen LogP contribution in [0.3, 0.4) is 0 Å². The van der Waals surface area contributed by atoms with E-state index in [-0.39, 0.29) is 5.15 Å². The van der Waals surface area contributed by atoms with E-state index in [2.05, 4.69) is 16.8 Å². The second-order valence-corrected chi connectivity index (χ2v) is 6.08. The van der Waals surface area contributed by atoms with Crippen molar-refractivity contribution >= 4 is 34.0 Å². The molecule has 1 aliphatic rings. The second kappa shape index (κ2) is 6.57. The van der Waals surface area contributed by atoms with E-state index in [4.69, 9.17) is 16.3 Å². The van der Waals surface area contributed by atoms with Crippen LogP contribution in [0.15, 0.2) is 0 Å². The van der Waals surface area contributed by atoms with E-state index in [0.717, 1.165) is 24.5 Å². The topological polar surface area (TPSA) is 42.4 Å². The maximum Gasteiger partial charge on any atom is 0.351 e. The highest BCUT2D eigenvalue weighted by Gasteiger charge is 2.27. The quantitative estimate of drug-likeness (QED) is 0.795. The van der Waals surface area contributed by atoms with Crippen molar-refractivity contribution in [1.29, 1.82) is 0 Å². The molecule has 1 aromatic rings. The van der Waals surface area contributed by atoms with Gasteiger partial charge in [0.2, 0.25) is 0 Å². The van der Waals surface area contributed by atoms with Crippen molar-refractivity contribution in [1.82, 2.24) is 4.98 Å². The van der Waals surface area contributed by atoms with Gasteiger partial charge in [0, 0.05) is 12.6 Å². The average Bonchev–Trinajstić information content (AvgIpc) is 2.81. The van der Waals surface area contributed by atoms with Crippen molar-refractivity contribution in [2.75, 3.05) is 18.6 Å². The predicted molar refractivity (Wildman–Crippen MR) is 78.4 cm³/mol. The first-order valence-corrected chi connectivity index (χ1v) is 7.88. The molecule has 0 aliphatic carbocycles. The van der Waals surface area contributed by atoms with Gasteiger partial charge in [0.25, 0.3) is 0 Å². The minimum atomic E-state index is -0.405. The number of thiazole rings is 1. The summed E-state index contributed by atoms with van der Waals surface area (Å²) in [5.41, 5.74) is 0. The predicted octanol–water partition coefficient (Wildman–Crippen LogP) is 3.74. The first kappa shape index (κ1) is 14.6. The number of halogens is 1. The molecule has 4 nitrogen and oxygen atoms in total. The van der Waals surface area contributed by atoms with E-state index in [9.17, 15) is 4.79 Å². The molecule has 0 amide bonds. The summed E-state index contributed by atoms with van der Waals surface area (Å²) < 4.78 is 4.72. The number of carbonyl (C=O) groups is 1. The van der Waals surface area contributed by atoms with Gasteiger partial charge in [-0.1, -0.05) is 36.3 Å². The highest BCUT2D eigenvalue weighted by atomic mass is 35.5. The van der Waals surface area contributed by atoms with Gasteiger partial charge in [-0.15, -0.1) is 0 Å². The standard InChI is InChI=1S/C13H19ClN2O2S/c1-3-6-9-7-4-5-8-16(9)13-15-11(14)10(19-13)12(17)18-2/h9H,3-8H2,1-2H3. The number of carbonyl (C=O) groups excluding carboxylic acids is 1. The SMILES string of the molecule is CCCC1CCCCN1c1nc(Cl)c(C(=O)OC)s1. The summed E-state index contributed by atoms with van der Waals surface area (Å²) in [6, 6.07) is 0.520. The average molecular weight is 303 g/mol. The fraction of sp³-hybridized carbons (Fsp3) is 0.692. The Hall–Kier alpha value is -0.810. The summed E-state index contributed by atoms with van der Waals surface area (Å²) >= 11 is 7.37. The molecule has 19 heavy (non-hydrogen) atoms. The lowest BCUT2D eigenvalue weighted by Crippen LogP contribution is -2.39.